The number of rotatable bonds is 7. The molecule has 0 aliphatic carbocycles. The standard InChI is InChI=1S/C18H24ClN3O3/c1-13(2)10-22-5-6-24-15(11-22)9-21-18(23)12-25-17-4-3-14(8-20)7-16(17)19/h3-4,7,13,15H,5-6,9-12H2,1-2H3,(H,21,23). The van der Waals surface area contributed by atoms with E-state index in [0.29, 0.717) is 35.4 Å². The molecule has 136 valence electrons. The Balaban J connectivity index is 1.73. The van der Waals surface area contributed by atoms with Gasteiger partial charge in [-0.25, -0.2) is 0 Å². The first-order valence-corrected chi connectivity index (χ1v) is 8.79. The molecule has 1 aliphatic rings. The highest BCUT2D eigenvalue weighted by Gasteiger charge is 2.21. The molecule has 6 nitrogen and oxygen atoms in total. The number of hydrogen-bond acceptors (Lipinski definition) is 5. The summed E-state index contributed by atoms with van der Waals surface area (Å²) in [7, 11) is 0. The Bertz CT molecular complexity index is 630. The van der Waals surface area contributed by atoms with Crippen molar-refractivity contribution >= 4 is 17.5 Å². The first-order chi connectivity index (χ1) is 12.0. The first-order valence-electron chi connectivity index (χ1n) is 8.41. The summed E-state index contributed by atoms with van der Waals surface area (Å²) in [5, 5.41) is 11.9. The van der Waals surface area contributed by atoms with Crippen LogP contribution in [0.4, 0.5) is 0 Å². The van der Waals surface area contributed by atoms with Gasteiger partial charge in [-0.3, -0.25) is 9.69 Å². The highest BCUT2D eigenvalue weighted by atomic mass is 35.5. The molecular formula is C18H24ClN3O3. The van der Waals surface area contributed by atoms with Crippen LogP contribution in [0.15, 0.2) is 18.2 Å². The van der Waals surface area contributed by atoms with Gasteiger partial charge in [-0.15, -0.1) is 0 Å². The van der Waals surface area contributed by atoms with E-state index >= 15 is 0 Å². The molecule has 0 bridgehead atoms. The summed E-state index contributed by atoms with van der Waals surface area (Å²) in [6.07, 6.45) is -0.00468. The number of carbonyl (C=O) groups excluding carboxylic acids is 1. The zero-order valence-electron chi connectivity index (χ0n) is 14.6. The van der Waals surface area contributed by atoms with Crippen molar-refractivity contribution in [3.05, 3.63) is 28.8 Å². The third-order valence-electron chi connectivity index (χ3n) is 3.79. The molecule has 1 aromatic rings. The molecule has 1 unspecified atom stereocenters. The van der Waals surface area contributed by atoms with E-state index in [1.165, 1.54) is 6.07 Å². The third-order valence-corrected chi connectivity index (χ3v) is 4.09. The van der Waals surface area contributed by atoms with Gasteiger partial charge in [-0.05, 0) is 24.1 Å². The number of nitrogens with zero attached hydrogens (tertiary/aromatic N) is 2. The SMILES string of the molecule is CC(C)CN1CCOC(CNC(=O)COc2ccc(C#N)cc2Cl)C1. The summed E-state index contributed by atoms with van der Waals surface area (Å²) in [6, 6.07) is 6.68. The molecule has 0 radical (unpaired) electrons. The number of amides is 1. The lowest BCUT2D eigenvalue weighted by atomic mass is 10.2. The number of ether oxygens (including phenoxy) is 2. The lowest BCUT2D eigenvalue weighted by Crippen LogP contribution is -2.48. The van der Waals surface area contributed by atoms with E-state index in [1.54, 1.807) is 12.1 Å². The molecule has 1 aliphatic heterocycles. The Hall–Kier alpha value is -1.81. The Kier molecular flexibility index (Phi) is 7.51. The largest absolute Gasteiger partial charge is 0.482 e. The second-order valence-electron chi connectivity index (χ2n) is 6.50. The summed E-state index contributed by atoms with van der Waals surface area (Å²) in [5.41, 5.74) is 0.446. The maximum absolute atomic E-state index is 12.0. The van der Waals surface area contributed by atoms with E-state index in [-0.39, 0.29) is 18.6 Å². The average molecular weight is 366 g/mol. The van der Waals surface area contributed by atoms with Gasteiger partial charge in [0.25, 0.3) is 5.91 Å². The molecule has 0 saturated carbocycles. The van der Waals surface area contributed by atoms with Crippen LogP contribution in [-0.2, 0) is 9.53 Å². The molecule has 7 heteroatoms. The van der Waals surface area contributed by atoms with Gasteiger partial charge < -0.3 is 14.8 Å². The predicted octanol–water partition coefficient (Wildman–Crippen LogP) is 2.06. The molecule has 1 saturated heterocycles. The number of benzene rings is 1. The fourth-order valence-electron chi connectivity index (χ4n) is 2.70. The van der Waals surface area contributed by atoms with E-state index in [1.807, 2.05) is 6.07 Å². The molecule has 0 spiro atoms. The second kappa shape index (κ2) is 9.62. The van der Waals surface area contributed by atoms with Crippen molar-refractivity contribution in [3.63, 3.8) is 0 Å². The topological polar surface area (TPSA) is 74.6 Å². The van der Waals surface area contributed by atoms with E-state index in [0.717, 1.165) is 19.6 Å². The molecule has 1 fully saturated rings. The summed E-state index contributed by atoms with van der Waals surface area (Å²) < 4.78 is 11.1. The summed E-state index contributed by atoms with van der Waals surface area (Å²) in [5.74, 6) is 0.761. The average Bonchev–Trinajstić information content (AvgIpc) is 2.58. The monoisotopic (exact) mass is 365 g/mol. The fraction of sp³-hybridized carbons (Fsp3) is 0.556. The fourth-order valence-corrected chi connectivity index (χ4v) is 2.93. The van der Waals surface area contributed by atoms with Crippen LogP contribution in [0.5, 0.6) is 5.75 Å². The van der Waals surface area contributed by atoms with Crippen molar-refractivity contribution in [2.75, 3.05) is 39.4 Å². The number of carbonyl (C=O) groups is 1. The van der Waals surface area contributed by atoms with Crippen LogP contribution >= 0.6 is 11.6 Å². The Labute approximate surface area is 153 Å². The Morgan fingerprint density at radius 2 is 2.36 bits per heavy atom. The van der Waals surface area contributed by atoms with Gasteiger partial charge >= 0.3 is 0 Å². The van der Waals surface area contributed by atoms with Gasteiger partial charge in [-0.1, -0.05) is 25.4 Å². The molecule has 1 heterocycles. The highest BCUT2D eigenvalue weighted by Crippen LogP contribution is 2.25. The van der Waals surface area contributed by atoms with Crippen LogP contribution in [0.3, 0.4) is 0 Å². The number of halogens is 1. The van der Waals surface area contributed by atoms with Crippen LogP contribution in [-0.4, -0.2) is 56.3 Å². The zero-order chi connectivity index (χ0) is 18.2. The van der Waals surface area contributed by atoms with Crippen molar-refractivity contribution in [1.82, 2.24) is 10.2 Å². The summed E-state index contributed by atoms with van der Waals surface area (Å²) in [4.78, 5) is 14.3. The molecule has 25 heavy (non-hydrogen) atoms. The van der Waals surface area contributed by atoms with Crippen molar-refractivity contribution in [2.24, 2.45) is 5.92 Å². The third kappa shape index (κ3) is 6.54. The first kappa shape index (κ1) is 19.5. The van der Waals surface area contributed by atoms with Gasteiger partial charge in [0.2, 0.25) is 0 Å². The second-order valence-corrected chi connectivity index (χ2v) is 6.90. The zero-order valence-corrected chi connectivity index (χ0v) is 15.4. The quantitative estimate of drug-likeness (QED) is 0.800. The van der Waals surface area contributed by atoms with Gasteiger partial charge in [0.15, 0.2) is 6.61 Å². The van der Waals surface area contributed by atoms with Gasteiger partial charge in [0.1, 0.15) is 5.75 Å². The highest BCUT2D eigenvalue weighted by molar-refractivity contribution is 6.32. The van der Waals surface area contributed by atoms with E-state index < -0.39 is 0 Å². The molecule has 2 rings (SSSR count). The molecular weight excluding hydrogens is 342 g/mol. The molecule has 0 aromatic heterocycles. The van der Waals surface area contributed by atoms with E-state index in [9.17, 15) is 4.79 Å². The van der Waals surface area contributed by atoms with Gasteiger partial charge in [-0.2, -0.15) is 5.26 Å². The van der Waals surface area contributed by atoms with Crippen LogP contribution in [0.1, 0.15) is 19.4 Å². The molecule has 1 atom stereocenters. The van der Waals surface area contributed by atoms with Gasteiger partial charge in [0.05, 0.1) is 29.4 Å². The van der Waals surface area contributed by atoms with Crippen molar-refractivity contribution in [2.45, 2.75) is 20.0 Å². The summed E-state index contributed by atoms with van der Waals surface area (Å²) >= 11 is 6.01. The van der Waals surface area contributed by atoms with Crippen molar-refractivity contribution in [1.29, 1.82) is 5.26 Å². The number of morpholine rings is 1. The normalized spacial score (nSPS) is 18.0. The van der Waals surface area contributed by atoms with Crippen LogP contribution < -0.4 is 10.1 Å². The predicted molar refractivity (Wildman–Crippen MR) is 95.7 cm³/mol. The lowest BCUT2D eigenvalue weighted by molar-refractivity contribution is -0.124. The number of nitriles is 1. The van der Waals surface area contributed by atoms with Gasteiger partial charge in [0, 0.05) is 26.2 Å². The Morgan fingerprint density at radius 3 is 3.04 bits per heavy atom. The van der Waals surface area contributed by atoms with E-state index in [2.05, 4.69) is 24.1 Å². The lowest BCUT2D eigenvalue weighted by Gasteiger charge is -2.33. The van der Waals surface area contributed by atoms with E-state index in [4.69, 9.17) is 26.3 Å². The van der Waals surface area contributed by atoms with Crippen LogP contribution in [0.25, 0.3) is 0 Å². The maximum Gasteiger partial charge on any atom is 0.258 e. The minimum absolute atomic E-state index is 0.00468. The molecule has 1 N–H and O–H groups in total. The minimum Gasteiger partial charge on any atom is -0.482 e. The van der Waals surface area contributed by atoms with Crippen molar-refractivity contribution < 1.29 is 14.3 Å². The van der Waals surface area contributed by atoms with Crippen LogP contribution in [0, 0.1) is 17.2 Å². The Morgan fingerprint density at radius 1 is 1.56 bits per heavy atom. The number of hydrogen-bond donors (Lipinski definition) is 1. The minimum atomic E-state index is -0.231. The van der Waals surface area contributed by atoms with Crippen LogP contribution in [0.2, 0.25) is 5.02 Å². The molecule has 1 aromatic carbocycles. The summed E-state index contributed by atoms with van der Waals surface area (Å²) in [6.45, 7) is 8.18. The molecule has 1 amide bonds. The number of nitrogens with one attached hydrogen (secondary N) is 1. The maximum atomic E-state index is 12.0. The van der Waals surface area contributed by atoms with Crippen molar-refractivity contribution in [3.8, 4) is 11.8 Å². The smallest absolute Gasteiger partial charge is 0.258 e.